The van der Waals surface area contributed by atoms with Gasteiger partial charge in [0.05, 0.1) is 0 Å². The Balaban J connectivity index is 1.85. The van der Waals surface area contributed by atoms with Gasteiger partial charge in [0.2, 0.25) is 11.6 Å². The minimum atomic E-state index is -0.406. The van der Waals surface area contributed by atoms with Crippen LogP contribution < -0.4 is 5.32 Å². The van der Waals surface area contributed by atoms with Crippen molar-refractivity contribution in [3.8, 4) is 0 Å². The maximum Gasteiger partial charge on any atom is 0.406 e. The van der Waals surface area contributed by atoms with Crippen LogP contribution in [0.1, 0.15) is 18.7 Å². The highest BCUT2D eigenvalue weighted by Crippen LogP contribution is 2.32. The van der Waals surface area contributed by atoms with Crippen LogP contribution >= 0.6 is 0 Å². The van der Waals surface area contributed by atoms with E-state index >= 15 is 0 Å². The molecule has 3 fully saturated rings. The Labute approximate surface area is 111 Å². The van der Waals surface area contributed by atoms with E-state index in [1.807, 2.05) is 7.05 Å². The molecule has 3 saturated heterocycles. The maximum absolute atomic E-state index is 11.1. The average Bonchev–Trinajstić information content (AvgIpc) is 2.69. The Morgan fingerprint density at radius 3 is 2.63 bits per heavy atom. The summed E-state index contributed by atoms with van der Waals surface area (Å²) in [4.78, 5) is 17.1. The predicted octanol–water partition coefficient (Wildman–Crippen LogP) is 1.14. The largest absolute Gasteiger partial charge is 0.406 e. The third kappa shape index (κ3) is 2.07. The Hall–Kier alpha value is -1.63. The minimum absolute atomic E-state index is 0.0588. The van der Waals surface area contributed by atoms with Gasteiger partial charge in [-0.15, -0.1) is 0 Å². The van der Waals surface area contributed by atoms with E-state index in [1.165, 1.54) is 12.8 Å². The highest BCUT2D eigenvalue weighted by molar-refractivity contribution is 5.54. The fourth-order valence-corrected chi connectivity index (χ4v) is 3.19. The van der Waals surface area contributed by atoms with Crippen molar-refractivity contribution < 1.29 is 4.92 Å². The van der Waals surface area contributed by atoms with Gasteiger partial charge in [-0.3, -0.25) is 4.57 Å². The lowest BCUT2D eigenvalue weighted by Crippen LogP contribution is -2.53. The predicted molar refractivity (Wildman–Crippen MR) is 71.2 cm³/mol. The molecule has 0 spiro atoms. The summed E-state index contributed by atoms with van der Waals surface area (Å²) in [5.74, 6) is 1.77. The molecule has 104 valence electrons. The number of piperidine rings is 3. The number of hydrogen-bond donors (Lipinski definition) is 1. The molecule has 7 nitrogen and oxygen atoms in total. The molecule has 0 amide bonds. The zero-order valence-electron chi connectivity index (χ0n) is 11.3. The summed E-state index contributed by atoms with van der Waals surface area (Å²) in [6, 6.07) is 0.302. The lowest BCUT2D eigenvalue weighted by atomic mass is 9.84. The van der Waals surface area contributed by atoms with Crippen LogP contribution in [-0.2, 0) is 7.05 Å². The second-order valence-corrected chi connectivity index (χ2v) is 5.54. The molecule has 0 radical (unpaired) electrons. The second kappa shape index (κ2) is 4.48. The molecular formula is C12H19N5O2. The van der Waals surface area contributed by atoms with E-state index in [1.54, 1.807) is 11.5 Å². The highest BCUT2D eigenvalue weighted by Gasteiger charge is 2.36. The smallest absolute Gasteiger partial charge is 0.360 e. The van der Waals surface area contributed by atoms with E-state index < -0.39 is 4.92 Å². The first-order chi connectivity index (χ1) is 9.06. The number of aryl methyl sites for hydroxylation is 1. The summed E-state index contributed by atoms with van der Waals surface area (Å²) >= 11 is 0. The molecule has 1 aromatic rings. The number of nitrogens with one attached hydrogen (secondary N) is 1. The average molecular weight is 265 g/mol. The van der Waals surface area contributed by atoms with Crippen LogP contribution in [0.4, 0.5) is 11.6 Å². The molecule has 19 heavy (non-hydrogen) atoms. The summed E-state index contributed by atoms with van der Waals surface area (Å²) in [7, 11) is 1.82. The minimum Gasteiger partial charge on any atom is -0.360 e. The maximum atomic E-state index is 11.1. The second-order valence-electron chi connectivity index (χ2n) is 5.54. The van der Waals surface area contributed by atoms with Gasteiger partial charge in [0.1, 0.15) is 0 Å². The molecule has 0 aliphatic carbocycles. The molecule has 0 saturated carbocycles. The number of nitrogens with zero attached hydrogens (tertiary/aromatic N) is 4. The van der Waals surface area contributed by atoms with Crippen LogP contribution in [0.2, 0.25) is 0 Å². The van der Waals surface area contributed by atoms with Crippen LogP contribution in [0, 0.1) is 23.0 Å². The number of hydrogen-bond acceptors (Lipinski definition) is 5. The number of fused-ring (bicyclic) bond motifs is 3. The summed E-state index contributed by atoms with van der Waals surface area (Å²) in [5.41, 5.74) is 0. The van der Waals surface area contributed by atoms with Crippen LogP contribution in [0.15, 0.2) is 0 Å². The number of anilines is 1. The normalized spacial score (nSPS) is 29.5. The van der Waals surface area contributed by atoms with E-state index in [0.717, 1.165) is 19.6 Å². The molecule has 1 aromatic heterocycles. The molecule has 4 rings (SSSR count). The number of rotatable bonds is 3. The number of imidazole rings is 1. The topological polar surface area (TPSA) is 76.2 Å². The van der Waals surface area contributed by atoms with Crippen molar-refractivity contribution in [1.29, 1.82) is 0 Å². The Morgan fingerprint density at radius 1 is 1.42 bits per heavy atom. The van der Waals surface area contributed by atoms with E-state index in [0.29, 0.717) is 23.6 Å². The van der Waals surface area contributed by atoms with Crippen molar-refractivity contribution in [2.75, 3.05) is 25.0 Å². The molecule has 3 aliphatic rings. The zero-order valence-corrected chi connectivity index (χ0v) is 11.3. The molecule has 2 bridgehead atoms. The van der Waals surface area contributed by atoms with Gasteiger partial charge in [-0.2, -0.15) is 0 Å². The lowest BCUT2D eigenvalue weighted by molar-refractivity contribution is -0.388. The molecular weight excluding hydrogens is 246 g/mol. The standard InChI is InChI=1S/C12H19N5O2/c1-8-13-12(17(18)19)11(15(8)2)14-10-7-16-5-3-9(10)4-6-16/h9-10,14H,3-7H2,1-2H3. The van der Waals surface area contributed by atoms with Crippen molar-refractivity contribution in [2.45, 2.75) is 25.8 Å². The summed E-state index contributed by atoms with van der Waals surface area (Å²) < 4.78 is 1.77. The van der Waals surface area contributed by atoms with E-state index in [-0.39, 0.29) is 5.82 Å². The fraction of sp³-hybridized carbons (Fsp3) is 0.750. The van der Waals surface area contributed by atoms with Crippen LogP contribution in [0.25, 0.3) is 0 Å². The summed E-state index contributed by atoms with van der Waals surface area (Å²) in [5, 5.41) is 14.4. The van der Waals surface area contributed by atoms with Gasteiger partial charge < -0.3 is 20.3 Å². The zero-order chi connectivity index (χ0) is 13.6. The lowest BCUT2D eigenvalue weighted by Gasteiger charge is -2.45. The van der Waals surface area contributed by atoms with Crippen molar-refractivity contribution in [1.82, 2.24) is 14.5 Å². The molecule has 4 heterocycles. The quantitative estimate of drug-likeness (QED) is 0.655. The summed E-state index contributed by atoms with van der Waals surface area (Å²) in [6.07, 6.45) is 2.37. The van der Waals surface area contributed by atoms with Crippen molar-refractivity contribution in [3.63, 3.8) is 0 Å². The van der Waals surface area contributed by atoms with E-state index in [9.17, 15) is 10.1 Å². The van der Waals surface area contributed by atoms with Gasteiger partial charge in [0.15, 0.2) is 0 Å². The first-order valence-electron chi connectivity index (χ1n) is 6.73. The third-order valence-electron chi connectivity index (χ3n) is 4.45. The molecule has 1 unspecified atom stereocenters. The van der Waals surface area contributed by atoms with Crippen molar-refractivity contribution >= 4 is 11.6 Å². The Kier molecular flexibility index (Phi) is 2.93. The fourth-order valence-electron chi connectivity index (χ4n) is 3.19. The van der Waals surface area contributed by atoms with Crippen LogP contribution in [0.3, 0.4) is 0 Å². The van der Waals surface area contributed by atoms with Gasteiger partial charge in [-0.05, 0) is 41.8 Å². The van der Waals surface area contributed by atoms with Gasteiger partial charge in [-0.25, -0.2) is 0 Å². The van der Waals surface area contributed by atoms with Gasteiger partial charge in [-0.1, -0.05) is 0 Å². The van der Waals surface area contributed by atoms with E-state index in [4.69, 9.17) is 0 Å². The molecule has 7 heteroatoms. The van der Waals surface area contributed by atoms with Crippen LogP contribution in [-0.4, -0.2) is 45.1 Å². The molecule has 1 N–H and O–H groups in total. The summed E-state index contributed by atoms with van der Waals surface area (Å²) in [6.45, 7) is 5.09. The Morgan fingerprint density at radius 2 is 2.11 bits per heavy atom. The van der Waals surface area contributed by atoms with Crippen molar-refractivity contribution in [3.05, 3.63) is 15.9 Å². The Bertz CT molecular complexity index is 504. The highest BCUT2D eigenvalue weighted by atomic mass is 16.6. The number of nitro groups is 1. The third-order valence-corrected chi connectivity index (χ3v) is 4.45. The number of aromatic nitrogens is 2. The first-order valence-corrected chi connectivity index (χ1v) is 6.73. The SMILES string of the molecule is Cc1nc([N+](=O)[O-])c(NC2CN3CCC2CC3)n1C. The molecule has 0 aromatic carbocycles. The van der Waals surface area contributed by atoms with Crippen molar-refractivity contribution in [2.24, 2.45) is 13.0 Å². The van der Waals surface area contributed by atoms with Gasteiger partial charge in [0, 0.05) is 26.6 Å². The first kappa shape index (κ1) is 12.4. The van der Waals surface area contributed by atoms with E-state index in [2.05, 4.69) is 15.2 Å². The monoisotopic (exact) mass is 265 g/mol. The van der Waals surface area contributed by atoms with Gasteiger partial charge in [0.25, 0.3) is 0 Å². The van der Waals surface area contributed by atoms with Crippen LogP contribution in [0.5, 0.6) is 0 Å². The molecule has 3 aliphatic heterocycles. The van der Waals surface area contributed by atoms with Gasteiger partial charge >= 0.3 is 5.82 Å². The molecule has 1 atom stereocenters.